The van der Waals surface area contributed by atoms with Gasteiger partial charge in [0, 0.05) is 23.4 Å². The van der Waals surface area contributed by atoms with Crippen LogP contribution in [0, 0.1) is 10.1 Å². The molecule has 0 heterocycles. The van der Waals surface area contributed by atoms with Crippen molar-refractivity contribution in [2.45, 2.75) is 6.61 Å². The fourth-order valence-corrected chi connectivity index (χ4v) is 1.71. The van der Waals surface area contributed by atoms with Crippen molar-refractivity contribution < 1.29 is 14.8 Å². The van der Waals surface area contributed by atoms with Crippen molar-refractivity contribution in [2.24, 2.45) is 0 Å². The Morgan fingerprint density at radius 2 is 1.95 bits per heavy atom. The zero-order chi connectivity index (χ0) is 14.5. The maximum atomic E-state index is 12.0. The first-order valence-corrected chi connectivity index (χ1v) is 5.86. The van der Waals surface area contributed by atoms with E-state index in [1.54, 1.807) is 24.3 Å². The molecule has 0 aliphatic rings. The van der Waals surface area contributed by atoms with E-state index in [0.717, 1.165) is 0 Å². The van der Waals surface area contributed by atoms with Gasteiger partial charge in [0.1, 0.15) is 0 Å². The van der Waals surface area contributed by atoms with Gasteiger partial charge in [-0.2, -0.15) is 0 Å². The van der Waals surface area contributed by atoms with Gasteiger partial charge in [0.25, 0.3) is 11.6 Å². The Balaban J connectivity index is 2.19. The molecule has 20 heavy (non-hydrogen) atoms. The Bertz CT molecular complexity index is 655. The van der Waals surface area contributed by atoms with Gasteiger partial charge in [0.05, 0.1) is 11.5 Å². The van der Waals surface area contributed by atoms with E-state index in [2.05, 4.69) is 5.32 Å². The molecule has 0 aromatic heterocycles. The molecule has 2 rings (SSSR count). The lowest BCUT2D eigenvalue weighted by molar-refractivity contribution is -0.384. The summed E-state index contributed by atoms with van der Waals surface area (Å²) in [5.74, 6) is -0.441. The predicted molar refractivity (Wildman–Crippen MR) is 73.4 cm³/mol. The van der Waals surface area contributed by atoms with E-state index < -0.39 is 10.8 Å². The molecule has 2 aromatic carbocycles. The van der Waals surface area contributed by atoms with E-state index in [4.69, 9.17) is 5.11 Å². The largest absolute Gasteiger partial charge is 0.392 e. The van der Waals surface area contributed by atoms with Gasteiger partial charge >= 0.3 is 0 Å². The van der Waals surface area contributed by atoms with Crippen LogP contribution in [0.5, 0.6) is 0 Å². The number of hydrogen-bond donors (Lipinski definition) is 2. The van der Waals surface area contributed by atoms with Crippen LogP contribution in [0.2, 0.25) is 0 Å². The molecule has 0 saturated carbocycles. The van der Waals surface area contributed by atoms with Crippen LogP contribution < -0.4 is 5.32 Å². The van der Waals surface area contributed by atoms with Crippen LogP contribution in [0.15, 0.2) is 48.5 Å². The van der Waals surface area contributed by atoms with E-state index in [1.807, 2.05) is 0 Å². The summed E-state index contributed by atoms with van der Waals surface area (Å²) in [6, 6.07) is 12.2. The fourth-order valence-electron chi connectivity index (χ4n) is 1.71. The van der Waals surface area contributed by atoms with E-state index in [-0.39, 0.29) is 17.9 Å². The first-order valence-electron chi connectivity index (χ1n) is 5.86. The maximum absolute atomic E-state index is 12.0. The highest BCUT2D eigenvalue weighted by atomic mass is 16.6. The number of nitro benzene ring substituents is 1. The van der Waals surface area contributed by atoms with Crippen LogP contribution in [0.25, 0.3) is 0 Å². The number of nitrogens with zero attached hydrogens (tertiary/aromatic N) is 1. The highest BCUT2D eigenvalue weighted by Gasteiger charge is 2.11. The summed E-state index contributed by atoms with van der Waals surface area (Å²) in [7, 11) is 0. The lowest BCUT2D eigenvalue weighted by atomic mass is 10.1. The summed E-state index contributed by atoms with van der Waals surface area (Å²) in [6.07, 6.45) is 0. The van der Waals surface area contributed by atoms with Gasteiger partial charge in [-0.25, -0.2) is 0 Å². The Kier molecular flexibility index (Phi) is 4.07. The normalized spacial score (nSPS) is 10.1. The van der Waals surface area contributed by atoms with Crippen LogP contribution in [0.1, 0.15) is 15.9 Å². The lowest BCUT2D eigenvalue weighted by Gasteiger charge is -2.06. The first kappa shape index (κ1) is 13.7. The molecule has 2 N–H and O–H groups in total. The molecule has 0 radical (unpaired) electrons. The predicted octanol–water partition coefficient (Wildman–Crippen LogP) is 2.34. The minimum absolute atomic E-state index is 0.124. The minimum Gasteiger partial charge on any atom is -0.392 e. The molecule has 102 valence electrons. The van der Waals surface area contributed by atoms with Gasteiger partial charge in [-0.1, -0.05) is 18.2 Å². The van der Waals surface area contributed by atoms with Crippen molar-refractivity contribution in [3.05, 3.63) is 69.8 Å². The molecule has 0 bridgehead atoms. The molecule has 6 heteroatoms. The summed E-state index contributed by atoms with van der Waals surface area (Å²) in [4.78, 5) is 22.1. The average Bonchev–Trinajstić information content (AvgIpc) is 2.47. The topological polar surface area (TPSA) is 92.5 Å². The van der Waals surface area contributed by atoms with Crippen molar-refractivity contribution in [1.29, 1.82) is 0 Å². The average molecular weight is 272 g/mol. The summed E-state index contributed by atoms with van der Waals surface area (Å²) in [5, 5.41) is 22.3. The molecule has 0 aliphatic carbocycles. The molecule has 6 nitrogen and oxygen atoms in total. The van der Waals surface area contributed by atoms with Crippen molar-refractivity contribution in [3.8, 4) is 0 Å². The maximum Gasteiger partial charge on any atom is 0.270 e. The van der Waals surface area contributed by atoms with Crippen LogP contribution >= 0.6 is 0 Å². The van der Waals surface area contributed by atoms with Gasteiger partial charge in [-0.05, 0) is 23.8 Å². The van der Waals surface area contributed by atoms with Crippen LogP contribution in [0.4, 0.5) is 11.4 Å². The Hall–Kier alpha value is -2.73. The Morgan fingerprint density at radius 1 is 1.20 bits per heavy atom. The standard InChI is InChI=1S/C14H12N2O4/c17-9-10-3-1-5-12(7-10)15-14(18)11-4-2-6-13(8-11)16(19)20/h1-8,17H,9H2,(H,15,18). The Labute approximate surface area is 114 Å². The van der Waals surface area contributed by atoms with Crippen molar-refractivity contribution in [3.63, 3.8) is 0 Å². The molecule has 0 saturated heterocycles. The van der Waals surface area contributed by atoms with Crippen molar-refractivity contribution in [2.75, 3.05) is 5.32 Å². The third-order valence-corrected chi connectivity index (χ3v) is 2.69. The number of nitrogens with one attached hydrogen (secondary N) is 1. The van der Waals surface area contributed by atoms with Gasteiger partial charge in [0.15, 0.2) is 0 Å². The number of carbonyl (C=O) groups is 1. The first-order chi connectivity index (χ1) is 9.60. The monoisotopic (exact) mass is 272 g/mol. The summed E-state index contributed by atoms with van der Waals surface area (Å²) in [5.41, 5.74) is 1.25. The van der Waals surface area contributed by atoms with Crippen LogP contribution in [-0.2, 0) is 6.61 Å². The number of hydrogen-bond acceptors (Lipinski definition) is 4. The quantitative estimate of drug-likeness (QED) is 0.660. The van der Waals surface area contributed by atoms with Gasteiger partial charge in [-0.3, -0.25) is 14.9 Å². The molecule has 0 aliphatic heterocycles. The molecule has 0 fully saturated rings. The Morgan fingerprint density at radius 3 is 2.65 bits per heavy atom. The molecule has 0 unspecified atom stereocenters. The number of aliphatic hydroxyl groups excluding tert-OH is 1. The zero-order valence-corrected chi connectivity index (χ0v) is 10.4. The molecule has 1 amide bonds. The number of non-ortho nitro benzene ring substituents is 1. The number of amides is 1. The van der Waals surface area contributed by atoms with Gasteiger partial charge in [-0.15, -0.1) is 0 Å². The second kappa shape index (κ2) is 5.94. The number of benzene rings is 2. The third-order valence-electron chi connectivity index (χ3n) is 2.69. The highest BCUT2D eigenvalue weighted by molar-refractivity contribution is 6.04. The number of rotatable bonds is 4. The third kappa shape index (κ3) is 3.18. The van der Waals surface area contributed by atoms with Crippen molar-refractivity contribution >= 4 is 17.3 Å². The SMILES string of the molecule is O=C(Nc1cccc(CO)c1)c1cccc([N+](=O)[O-])c1. The fraction of sp³-hybridized carbons (Fsp3) is 0.0714. The van der Waals surface area contributed by atoms with Crippen molar-refractivity contribution in [1.82, 2.24) is 0 Å². The van der Waals surface area contributed by atoms with Crippen LogP contribution in [0.3, 0.4) is 0 Å². The smallest absolute Gasteiger partial charge is 0.270 e. The zero-order valence-electron chi connectivity index (χ0n) is 10.4. The second-order valence-corrected chi connectivity index (χ2v) is 4.12. The molecule has 0 spiro atoms. The molecule has 2 aromatic rings. The van der Waals surface area contributed by atoms with E-state index >= 15 is 0 Å². The molecular formula is C14H12N2O4. The lowest BCUT2D eigenvalue weighted by Crippen LogP contribution is -2.12. The minimum atomic E-state index is -0.552. The van der Waals surface area contributed by atoms with E-state index in [0.29, 0.717) is 11.3 Å². The van der Waals surface area contributed by atoms with Gasteiger partial charge in [0.2, 0.25) is 0 Å². The molecular weight excluding hydrogens is 260 g/mol. The summed E-state index contributed by atoms with van der Waals surface area (Å²) in [6.45, 7) is -0.124. The number of nitro groups is 1. The van der Waals surface area contributed by atoms with E-state index in [1.165, 1.54) is 24.3 Å². The number of anilines is 1. The second-order valence-electron chi connectivity index (χ2n) is 4.12. The summed E-state index contributed by atoms with van der Waals surface area (Å²) >= 11 is 0. The van der Waals surface area contributed by atoms with E-state index in [9.17, 15) is 14.9 Å². The highest BCUT2D eigenvalue weighted by Crippen LogP contribution is 2.16. The molecule has 0 atom stereocenters. The number of aliphatic hydroxyl groups is 1. The summed E-state index contributed by atoms with van der Waals surface area (Å²) < 4.78 is 0. The van der Waals surface area contributed by atoms with Gasteiger partial charge < -0.3 is 10.4 Å². The number of carbonyl (C=O) groups excluding carboxylic acids is 1. The van der Waals surface area contributed by atoms with Crippen LogP contribution in [-0.4, -0.2) is 15.9 Å².